The van der Waals surface area contributed by atoms with Gasteiger partial charge in [-0.15, -0.1) is 12.4 Å². The van der Waals surface area contributed by atoms with E-state index in [1.807, 2.05) is 0 Å². The Balaban J connectivity index is 0.00000208. The molecule has 0 bridgehead atoms. The molecule has 2 atom stereocenters. The summed E-state index contributed by atoms with van der Waals surface area (Å²) in [4.78, 5) is 14.8. The van der Waals surface area contributed by atoms with Crippen molar-refractivity contribution >= 4 is 18.3 Å². The maximum absolute atomic E-state index is 12.7. The van der Waals surface area contributed by atoms with E-state index in [0.717, 1.165) is 44.8 Å². The summed E-state index contributed by atoms with van der Waals surface area (Å²) in [6.45, 7) is 7.53. The fourth-order valence-electron chi connectivity index (χ4n) is 4.29. The van der Waals surface area contributed by atoms with Gasteiger partial charge in [0.2, 0.25) is 5.91 Å². The minimum absolute atomic E-state index is 0. The molecule has 3 rings (SSSR count). The van der Waals surface area contributed by atoms with Crippen molar-refractivity contribution in [2.45, 2.75) is 57.9 Å². The Kier molecular flexibility index (Phi) is 7.12. The predicted molar refractivity (Wildman–Crippen MR) is 102 cm³/mol. The fourth-order valence-corrected chi connectivity index (χ4v) is 4.29. The van der Waals surface area contributed by atoms with Gasteiger partial charge in [0.05, 0.1) is 0 Å². The third-order valence-corrected chi connectivity index (χ3v) is 5.75. The molecule has 0 radical (unpaired) electrons. The molecule has 0 saturated carbocycles. The van der Waals surface area contributed by atoms with Crippen molar-refractivity contribution in [3.05, 3.63) is 35.4 Å². The number of carbonyl (C=O) groups excluding carboxylic acids is 1. The summed E-state index contributed by atoms with van der Waals surface area (Å²) in [5.41, 5.74) is 2.78. The second-order valence-corrected chi connectivity index (χ2v) is 7.42. The number of rotatable bonds is 4. The lowest BCUT2D eigenvalue weighted by Crippen LogP contribution is -2.34. The molecule has 2 heterocycles. The van der Waals surface area contributed by atoms with Crippen molar-refractivity contribution in [3.8, 4) is 0 Å². The standard InChI is InChI=1S/C20H30N2O.ClH/c1-15-5-3-4-6-19(15)18-13-16(2)22(14-18)20(23)8-7-17-9-11-21-12-10-17;/h3-6,16-18,21H,7-14H2,1-2H3;1H. The highest BCUT2D eigenvalue weighted by Gasteiger charge is 2.33. The number of hydrogen-bond acceptors (Lipinski definition) is 2. The first-order valence-corrected chi connectivity index (χ1v) is 9.21. The van der Waals surface area contributed by atoms with Crippen molar-refractivity contribution in [2.24, 2.45) is 5.92 Å². The molecule has 1 aromatic rings. The van der Waals surface area contributed by atoms with Crippen LogP contribution in [0.1, 0.15) is 56.1 Å². The van der Waals surface area contributed by atoms with Crippen LogP contribution in [0.2, 0.25) is 0 Å². The van der Waals surface area contributed by atoms with Crippen LogP contribution < -0.4 is 5.32 Å². The average molecular weight is 351 g/mol. The Morgan fingerprint density at radius 2 is 1.96 bits per heavy atom. The summed E-state index contributed by atoms with van der Waals surface area (Å²) in [5, 5.41) is 3.40. The van der Waals surface area contributed by atoms with Crippen LogP contribution in [0.5, 0.6) is 0 Å². The number of carbonyl (C=O) groups is 1. The van der Waals surface area contributed by atoms with Gasteiger partial charge in [-0.25, -0.2) is 0 Å². The Hall–Kier alpha value is -1.06. The molecule has 0 aliphatic carbocycles. The van der Waals surface area contributed by atoms with Crippen molar-refractivity contribution in [3.63, 3.8) is 0 Å². The van der Waals surface area contributed by atoms with Crippen molar-refractivity contribution in [2.75, 3.05) is 19.6 Å². The van der Waals surface area contributed by atoms with Gasteiger partial charge in [-0.05, 0) is 69.7 Å². The van der Waals surface area contributed by atoms with E-state index in [0.29, 0.717) is 17.9 Å². The Morgan fingerprint density at radius 3 is 2.67 bits per heavy atom. The van der Waals surface area contributed by atoms with E-state index < -0.39 is 0 Å². The highest BCUT2D eigenvalue weighted by Crippen LogP contribution is 2.34. The van der Waals surface area contributed by atoms with Gasteiger partial charge in [0.15, 0.2) is 0 Å². The molecule has 2 aliphatic heterocycles. The number of piperidine rings is 1. The van der Waals surface area contributed by atoms with Gasteiger partial charge in [-0.2, -0.15) is 0 Å². The van der Waals surface area contributed by atoms with Crippen LogP contribution in [-0.2, 0) is 4.79 Å². The molecule has 1 N–H and O–H groups in total. The van der Waals surface area contributed by atoms with Gasteiger partial charge in [0.1, 0.15) is 0 Å². The third kappa shape index (κ3) is 4.52. The van der Waals surface area contributed by atoms with Gasteiger partial charge in [0.25, 0.3) is 0 Å². The van der Waals surface area contributed by atoms with E-state index in [-0.39, 0.29) is 12.4 Å². The van der Waals surface area contributed by atoms with Gasteiger partial charge >= 0.3 is 0 Å². The summed E-state index contributed by atoms with van der Waals surface area (Å²) >= 11 is 0. The van der Waals surface area contributed by atoms with Gasteiger partial charge in [-0.3, -0.25) is 4.79 Å². The van der Waals surface area contributed by atoms with E-state index in [9.17, 15) is 4.79 Å². The van der Waals surface area contributed by atoms with Crippen LogP contribution in [0.15, 0.2) is 24.3 Å². The first-order valence-electron chi connectivity index (χ1n) is 9.21. The lowest BCUT2D eigenvalue weighted by atomic mass is 9.93. The summed E-state index contributed by atoms with van der Waals surface area (Å²) in [5.74, 6) is 1.62. The van der Waals surface area contributed by atoms with E-state index >= 15 is 0 Å². The average Bonchev–Trinajstić information content (AvgIpc) is 2.96. The Bertz CT molecular complexity index is 542. The quantitative estimate of drug-likeness (QED) is 0.893. The molecule has 0 spiro atoms. The molecule has 3 nitrogen and oxygen atoms in total. The molecule has 134 valence electrons. The summed E-state index contributed by atoms with van der Waals surface area (Å²) < 4.78 is 0. The van der Waals surface area contributed by atoms with Gasteiger partial charge < -0.3 is 10.2 Å². The van der Waals surface area contributed by atoms with Gasteiger partial charge in [-0.1, -0.05) is 24.3 Å². The van der Waals surface area contributed by atoms with Crippen LogP contribution >= 0.6 is 12.4 Å². The summed E-state index contributed by atoms with van der Waals surface area (Å²) in [6, 6.07) is 9.01. The molecular weight excluding hydrogens is 320 g/mol. The van der Waals surface area contributed by atoms with Crippen LogP contribution in [0.3, 0.4) is 0 Å². The topological polar surface area (TPSA) is 32.3 Å². The Morgan fingerprint density at radius 1 is 1.25 bits per heavy atom. The minimum Gasteiger partial charge on any atom is -0.339 e. The smallest absolute Gasteiger partial charge is 0.222 e. The highest BCUT2D eigenvalue weighted by atomic mass is 35.5. The number of amides is 1. The molecule has 2 aliphatic rings. The number of nitrogens with one attached hydrogen (secondary N) is 1. The highest BCUT2D eigenvalue weighted by molar-refractivity contribution is 5.85. The van der Waals surface area contributed by atoms with Crippen LogP contribution in [-0.4, -0.2) is 36.5 Å². The number of hydrogen-bond donors (Lipinski definition) is 1. The maximum atomic E-state index is 12.7. The molecule has 2 saturated heterocycles. The Labute approximate surface area is 152 Å². The fraction of sp³-hybridized carbons (Fsp3) is 0.650. The summed E-state index contributed by atoms with van der Waals surface area (Å²) in [6.07, 6.45) is 5.36. The molecule has 2 unspecified atom stereocenters. The largest absolute Gasteiger partial charge is 0.339 e. The second kappa shape index (κ2) is 8.87. The van der Waals surface area contributed by atoms with Crippen molar-refractivity contribution in [1.29, 1.82) is 0 Å². The first kappa shape index (κ1) is 19.3. The minimum atomic E-state index is 0. The molecule has 0 aromatic heterocycles. The lowest BCUT2D eigenvalue weighted by molar-refractivity contribution is -0.132. The van der Waals surface area contributed by atoms with Crippen LogP contribution in [0, 0.1) is 12.8 Å². The molecule has 1 amide bonds. The number of halogens is 1. The first-order chi connectivity index (χ1) is 11.1. The number of aryl methyl sites for hydroxylation is 1. The van der Waals surface area contributed by atoms with Gasteiger partial charge in [0, 0.05) is 24.9 Å². The van der Waals surface area contributed by atoms with Crippen molar-refractivity contribution < 1.29 is 4.79 Å². The second-order valence-electron chi connectivity index (χ2n) is 7.42. The number of nitrogens with zero attached hydrogens (tertiary/aromatic N) is 1. The third-order valence-electron chi connectivity index (χ3n) is 5.75. The molecule has 2 fully saturated rings. The number of benzene rings is 1. The normalized spacial score (nSPS) is 24.7. The van der Waals surface area contributed by atoms with Crippen molar-refractivity contribution in [1.82, 2.24) is 10.2 Å². The predicted octanol–water partition coefficient (Wildman–Crippen LogP) is 3.90. The molecular formula is C20H31ClN2O. The summed E-state index contributed by atoms with van der Waals surface area (Å²) in [7, 11) is 0. The van der Waals surface area contributed by atoms with Crippen LogP contribution in [0.25, 0.3) is 0 Å². The van der Waals surface area contributed by atoms with E-state index in [1.54, 1.807) is 0 Å². The molecule has 1 aromatic carbocycles. The maximum Gasteiger partial charge on any atom is 0.222 e. The zero-order valence-corrected chi connectivity index (χ0v) is 15.8. The van der Waals surface area contributed by atoms with E-state index in [4.69, 9.17) is 0 Å². The molecule has 4 heteroatoms. The zero-order chi connectivity index (χ0) is 16.2. The van der Waals surface area contributed by atoms with Crippen LogP contribution in [0.4, 0.5) is 0 Å². The van der Waals surface area contributed by atoms with E-state index in [2.05, 4.69) is 48.3 Å². The number of likely N-dealkylation sites (tertiary alicyclic amines) is 1. The molecule has 24 heavy (non-hydrogen) atoms. The lowest BCUT2D eigenvalue weighted by Gasteiger charge is -2.25. The SMILES string of the molecule is Cc1ccccc1C1CC(C)N(C(=O)CCC2CCNCC2)C1.Cl. The monoisotopic (exact) mass is 350 g/mol. The van der Waals surface area contributed by atoms with E-state index in [1.165, 1.54) is 24.0 Å². The zero-order valence-electron chi connectivity index (χ0n) is 15.0.